The second-order valence-electron chi connectivity index (χ2n) is 5.45. The fourth-order valence-electron chi connectivity index (χ4n) is 2.64. The van der Waals surface area contributed by atoms with E-state index in [4.69, 9.17) is 9.47 Å². The lowest BCUT2D eigenvalue weighted by Gasteiger charge is -2.26. The highest BCUT2D eigenvalue weighted by Gasteiger charge is 2.21. The topological polar surface area (TPSA) is 18.5 Å². The largest absolute Gasteiger partial charge is 0.493 e. The van der Waals surface area contributed by atoms with E-state index in [2.05, 4.69) is 44.2 Å². The molecule has 104 valence electrons. The van der Waals surface area contributed by atoms with Crippen molar-refractivity contribution in [1.29, 1.82) is 0 Å². The number of aryl methyl sites for hydroxylation is 2. The molecule has 0 N–H and O–H groups in total. The van der Waals surface area contributed by atoms with E-state index in [1.165, 1.54) is 16.7 Å². The van der Waals surface area contributed by atoms with E-state index in [-0.39, 0.29) is 0 Å². The van der Waals surface area contributed by atoms with Gasteiger partial charge in [-0.2, -0.15) is 0 Å². The second kappa shape index (κ2) is 5.58. The van der Waals surface area contributed by atoms with Crippen molar-refractivity contribution in [3.05, 3.63) is 59.2 Å². The lowest BCUT2D eigenvalue weighted by atomic mass is 9.94. The third-order valence-corrected chi connectivity index (χ3v) is 3.87. The number of hydrogen-bond acceptors (Lipinski definition) is 2. The molecule has 0 fully saturated rings. The maximum absolute atomic E-state index is 6.06. The second-order valence-corrected chi connectivity index (χ2v) is 5.45. The van der Waals surface area contributed by atoms with E-state index in [0.29, 0.717) is 12.5 Å². The molecule has 0 bridgehead atoms. The molecule has 1 heterocycles. The summed E-state index contributed by atoms with van der Waals surface area (Å²) in [6, 6.07) is 14.6. The van der Waals surface area contributed by atoms with E-state index in [1.807, 2.05) is 12.1 Å². The Morgan fingerprint density at radius 3 is 2.90 bits per heavy atom. The predicted molar refractivity (Wildman–Crippen MR) is 80.7 cm³/mol. The van der Waals surface area contributed by atoms with Crippen molar-refractivity contribution in [2.24, 2.45) is 0 Å². The lowest BCUT2D eigenvalue weighted by molar-refractivity contribution is 0.217. The summed E-state index contributed by atoms with van der Waals surface area (Å²) in [5.41, 5.74) is 3.69. The Hall–Kier alpha value is -1.96. The van der Waals surface area contributed by atoms with Gasteiger partial charge in [-0.1, -0.05) is 30.3 Å². The molecule has 2 heteroatoms. The smallest absolute Gasteiger partial charge is 0.122 e. The molecule has 0 aliphatic carbocycles. The molecule has 1 unspecified atom stereocenters. The van der Waals surface area contributed by atoms with Gasteiger partial charge in [-0.15, -0.1) is 0 Å². The van der Waals surface area contributed by atoms with Gasteiger partial charge < -0.3 is 9.47 Å². The highest BCUT2D eigenvalue weighted by molar-refractivity contribution is 5.39. The van der Waals surface area contributed by atoms with Crippen LogP contribution in [0.25, 0.3) is 0 Å². The van der Waals surface area contributed by atoms with Crippen LogP contribution in [0.15, 0.2) is 42.5 Å². The van der Waals surface area contributed by atoms with Crippen LogP contribution in [0.4, 0.5) is 0 Å². The molecule has 2 nitrogen and oxygen atoms in total. The van der Waals surface area contributed by atoms with Crippen molar-refractivity contribution in [2.45, 2.75) is 26.2 Å². The average Bonchev–Trinajstić information content (AvgIpc) is 2.48. The van der Waals surface area contributed by atoms with E-state index in [1.54, 1.807) is 0 Å². The third kappa shape index (κ3) is 2.64. The van der Waals surface area contributed by atoms with E-state index in [0.717, 1.165) is 24.5 Å². The molecule has 1 aliphatic heterocycles. The van der Waals surface area contributed by atoms with Gasteiger partial charge in [-0.05, 0) is 43.5 Å². The molecule has 3 rings (SSSR count). The van der Waals surface area contributed by atoms with Gasteiger partial charge in [0, 0.05) is 11.5 Å². The predicted octanol–water partition coefficient (Wildman–Crippen LogP) is 4.25. The Labute approximate surface area is 120 Å². The lowest BCUT2D eigenvalue weighted by Crippen LogP contribution is -2.19. The fourth-order valence-corrected chi connectivity index (χ4v) is 2.64. The molecule has 0 radical (unpaired) electrons. The Morgan fingerprint density at radius 1 is 1.15 bits per heavy atom. The number of ether oxygens (including phenoxy) is 2. The van der Waals surface area contributed by atoms with Crippen LogP contribution in [-0.4, -0.2) is 13.2 Å². The highest BCUT2D eigenvalue weighted by Crippen LogP contribution is 2.34. The SMILES string of the molecule is Cc1ccc(C)c(OCC2CCOc3ccccc32)c1. The van der Waals surface area contributed by atoms with Gasteiger partial charge in [-0.3, -0.25) is 0 Å². The molecule has 0 spiro atoms. The zero-order valence-corrected chi connectivity index (χ0v) is 12.1. The number of benzene rings is 2. The molecule has 1 aliphatic rings. The van der Waals surface area contributed by atoms with Crippen LogP contribution in [0.3, 0.4) is 0 Å². The molecular formula is C18H20O2. The summed E-state index contributed by atoms with van der Waals surface area (Å²) >= 11 is 0. The minimum atomic E-state index is 0.417. The van der Waals surface area contributed by atoms with Gasteiger partial charge in [0.15, 0.2) is 0 Å². The average molecular weight is 268 g/mol. The van der Waals surface area contributed by atoms with Crippen LogP contribution in [0.5, 0.6) is 11.5 Å². The summed E-state index contributed by atoms with van der Waals surface area (Å²) < 4.78 is 11.8. The van der Waals surface area contributed by atoms with Crippen LogP contribution in [0.1, 0.15) is 29.0 Å². The zero-order chi connectivity index (χ0) is 13.9. The Bertz CT molecular complexity index is 604. The minimum absolute atomic E-state index is 0.417. The normalized spacial score (nSPS) is 17.2. The first-order valence-corrected chi connectivity index (χ1v) is 7.16. The maximum Gasteiger partial charge on any atom is 0.122 e. The molecule has 2 aromatic rings. The van der Waals surface area contributed by atoms with Crippen LogP contribution >= 0.6 is 0 Å². The molecule has 20 heavy (non-hydrogen) atoms. The van der Waals surface area contributed by atoms with Crippen molar-refractivity contribution in [3.63, 3.8) is 0 Å². The summed E-state index contributed by atoms with van der Waals surface area (Å²) in [5.74, 6) is 2.42. The number of fused-ring (bicyclic) bond motifs is 1. The standard InChI is InChI=1S/C18H20O2/c1-13-7-8-14(2)18(11-13)20-12-15-9-10-19-17-6-4-3-5-16(15)17/h3-8,11,15H,9-10,12H2,1-2H3. The van der Waals surface area contributed by atoms with Gasteiger partial charge in [0.2, 0.25) is 0 Å². The van der Waals surface area contributed by atoms with Crippen LogP contribution < -0.4 is 9.47 Å². The van der Waals surface area contributed by atoms with Crippen molar-refractivity contribution >= 4 is 0 Å². The number of para-hydroxylation sites is 1. The van der Waals surface area contributed by atoms with Crippen molar-refractivity contribution in [3.8, 4) is 11.5 Å². The monoisotopic (exact) mass is 268 g/mol. The van der Waals surface area contributed by atoms with E-state index in [9.17, 15) is 0 Å². The summed E-state index contributed by atoms with van der Waals surface area (Å²) in [4.78, 5) is 0. The first-order chi connectivity index (χ1) is 9.74. The van der Waals surface area contributed by atoms with Gasteiger partial charge in [0.05, 0.1) is 13.2 Å². The van der Waals surface area contributed by atoms with Gasteiger partial charge >= 0.3 is 0 Å². The molecule has 0 saturated carbocycles. The van der Waals surface area contributed by atoms with Crippen molar-refractivity contribution < 1.29 is 9.47 Å². The summed E-state index contributed by atoms with van der Waals surface area (Å²) in [6.07, 6.45) is 1.02. The fraction of sp³-hybridized carbons (Fsp3) is 0.333. The van der Waals surface area contributed by atoms with Crippen LogP contribution in [0, 0.1) is 13.8 Å². The molecule has 0 aromatic heterocycles. The quantitative estimate of drug-likeness (QED) is 0.828. The number of rotatable bonds is 3. The summed E-state index contributed by atoms with van der Waals surface area (Å²) in [6.45, 7) is 5.67. The highest BCUT2D eigenvalue weighted by atomic mass is 16.5. The van der Waals surface area contributed by atoms with Gasteiger partial charge in [-0.25, -0.2) is 0 Å². The van der Waals surface area contributed by atoms with E-state index < -0.39 is 0 Å². The summed E-state index contributed by atoms with van der Waals surface area (Å²) in [7, 11) is 0. The van der Waals surface area contributed by atoms with Crippen LogP contribution in [-0.2, 0) is 0 Å². The van der Waals surface area contributed by atoms with Crippen molar-refractivity contribution in [2.75, 3.05) is 13.2 Å². The molecule has 1 atom stereocenters. The van der Waals surface area contributed by atoms with E-state index >= 15 is 0 Å². The summed E-state index contributed by atoms with van der Waals surface area (Å²) in [5, 5.41) is 0. The van der Waals surface area contributed by atoms with Crippen LogP contribution in [0.2, 0.25) is 0 Å². The Kier molecular flexibility index (Phi) is 3.64. The first-order valence-electron chi connectivity index (χ1n) is 7.16. The molecule has 2 aromatic carbocycles. The van der Waals surface area contributed by atoms with Crippen molar-refractivity contribution in [1.82, 2.24) is 0 Å². The third-order valence-electron chi connectivity index (χ3n) is 3.87. The Balaban J connectivity index is 1.75. The minimum Gasteiger partial charge on any atom is -0.493 e. The molecule has 0 amide bonds. The molecular weight excluding hydrogens is 248 g/mol. The maximum atomic E-state index is 6.06. The molecule has 0 saturated heterocycles. The first kappa shape index (κ1) is 13.0. The number of hydrogen-bond donors (Lipinski definition) is 0. The Morgan fingerprint density at radius 2 is 2.00 bits per heavy atom. The van der Waals surface area contributed by atoms with Gasteiger partial charge in [0.25, 0.3) is 0 Å². The zero-order valence-electron chi connectivity index (χ0n) is 12.1. The van der Waals surface area contributed by atoms with Gasteiger partial charge in [0.1, 0.15) is 11.5 Å².